The van der Waals surface area contributed by atoms with Gasteiger partial charge in [0, 0.05) is 5.75 Å². The quantitative estimate of drug-likeness (QED) is 0.601. The van der Waals surface area contributed by atoms with Gasteiger partial charge in [0.15, 0.2) is 0 Å². The summed E-state index contributed by atoms with van der Waals surface area (Å²) in [6.45, 7) is 3.44. The van der Waals surface area contributed by atoms with Crippen molar-refractivity contribution < 1.29 is 9.90 Å². The molecule has 0 spiro atoms. The van der Waals surface area contributed by atoms with E-state index < -0.39 is 11.5 Å². The number of thioether (sulfide) groups is 1. The molecule has 0 saturated carbocycles. The van der Waals surface area contributed by atoms with Crippen LogP contribution >= 0.6 is 24.2 Å². The largest absolute Gasteiger partial charge is 0.480 e. The third kappa shape index (κ3) is 6.15. The molecule has 0 fully saturated rings. The van der Waals surface area contributed by atoms with Crippen LogP contribution in [0.4, 0.5) is 0 Å². The summed E-state index contributed by atoms with van der Waals surface area (Å²) >= 11 is 1.38. The van der Waals surface area contributed by atoms with Gasteiger partial charge in [0.25, 0.3) is 0 Å². The van der Waals surface area contributed by atoms with Gasteiger partial charge in [0.05, 0.1) is 5.37 Å². The van der Waals surface area contributed by atoms with Crippen molar-refractivity contribution in [3.8, 4) is 0 Å². The van der Waals surface area contributed by atoms with Gasteiger partial charge in [-0.15, -0.1) is 24.2 Å². The lowest BCUT2D eigenvalue weighted by atomic mass is 10.1. The second-order valence-corrected chi connectivity index (χ2v) is 4.21. The lowest BCUT2D eigenvalue weighted by Gasteiger charge is -2.20. The van der Waals surface area contributed by atoms with E-state index in [2.05, 4.69) is 0 Å². The Morgan fingerprint density at radius 3 is 2.46 bits per heavy atom. The lowest BCUT2D eigenvalue weighted by molar-refractivity contribution is -0.141. The maximum atomic E-state index is 10.5. The molecule has 0 rings (SSSR count). The van der Waals surface area contributed by atoms with E-state index >= 15 is 0 Å². The number of hydrogen-bond donors (Lipinski definition) is 3. The molecule has 0 radical (unpaired) electrons. The van der Waals surface area contributed by atoms with Crippen molar-refractivity contribution >= 4 is 30.1 Å². The van der Waals surface area contributed by atoms with Crippen LogP contribution in [0.3, 0.4) is 0 Å². The van der Waals surface area contributed by atoms with E-state index in [1.54, 1.807) is 0 Å². The van der Waals surface area contributed by atoms with Gasteiger partial charge in [-0.1, -0.05) is 6.92 Å². The van der Waals surface area contributed by atoms with Crippen molar-refractivity contribution in [2.24, 2.45) is 11.5 Å². The first-order valence-electron chi connectivity index (χ1n) is 3.79. The molecular weight excluding hydrogens is 212 g/mol. The number of nitrogens with two attached hydrogens (primary N) is 2. The Bertz CT molecular complexity index is 167. The Hall–Kier alpha value is 0.0300. The van der Waals surface area contributed by atoms with Crippen LogP contribution in [0.5, 0.6) is 0 Å². The minimum Gasteiger partial charge on any atom is -0.480 e. The molecule has 0 saturated heterocycles. The summed E-state index contributed by atoms with van der Waals surface area (Å²) in [5.41, 5.74) is 9.91. The molecule has 0 heterocycles. The van der Waals surface area contributed by atoms with Gasteiger partial charge in [0.1, 0.15) is 5.54 Å². The second-order valence-electron chi connectivity index (χ2n) is 2.98. The third-order valence-corrected chi connectivity index (χ3v) is 3.02. The van der Waals surface area contributed by atoms with Crippen LogP contribution in [0.15, 0.2) is 0 Å². The minimum atomic E-state index is -1.17. The highest BCUT2D eigenvalue weighted by atomic mass is 35.5. The number of aliphatic carboxylic acids is 1. The summed E-state index contributed by atoms with van der Waals surface area (Å²) in [6.07, 6.45) is 0.820. The number of rotatable bonds is 5. The van der Waals surface area contributed by atoms with E-state index in [-0.39, 0.29) is 17.8 Å². The summed E-state index contributed by atoms with van der Waals surface area (Å²) < 4.78 is 0. The molecule has 0 unspecified atom stereocenters. The zero-order chi connectivity index (χ0) is 9.78. The van der Waals surface area contributed by atoms with Crippen LogP contribution < -0.4 is 11.5 Å². The summed E-state index contributed by atoms with van der Waals surface area (Å²) in [6, 6.07) is 0. The predicted octanol–water partition coefficient (Wildman–Crippen LogP) is 0.638. The number of hydrogen-bond acceptors (Lipinski definition) is 4. The third-order valence-electron chi connectivity index (χ3n) is 1.49. The average Bonchev–Trinajstić information content (AvgIpc) is 2.00. The molecule has 4 nitrogen and oxygen atoms in total. The smallest absolute Gasteiger partial charge is 0.324 e. The molecule has 5 N–H and O–H groups in total. The highest BCUT2D eigenvalue weighted by Gasteiger charge is 2.28. The highest BCUT2D eigenvalue weighted by Crippen LogP contribution is 2.15. The van der Waals surface area contributed by atoms with Crippen molar-refractivity contribution in [1.29, 1.82) is 0 Å². The van der Waals surface area contributed by atoms with Gasteiger partial charge in [-0.05, 0) is 13.3 Å². The number of carboxylic acids is 1. The first kappa shape index (κ1) is 15.5. The van der Waals surface area contributed by atoms with E-state index in [1.165, 1.54) is 18.7 Å². The van der Waals surface area contributed by atoms with E-state index in [1.807, 2.05) is 6.92 Å². The van der Waals surface area contributed by atoms with Crippen LogP contribution in [0, 0.1) is 0 Å². The predicted molar refractivity (Wildman–Crippen MR) is 58.2 cm³/mol. The van der Waals surface area contributed by atoms with Gasteiger partial charge >= 0.3 is 5.97 Å². The molecule has 2 atom stereocenters. The SMILES string of the molecule is CC[C@H](N)SC[C@](C)(N)C(=O)O.Cl. The zero-order valence-electron chi connectivity index (χ0n) is 7.82. The van der Waals surface area contributed by atoms with E-state index in [0.717, 1.165) is 6.42 Å². The first-order valence-corrected chi connectivity index (χ1v) is 4.84. The molecule has 0 amide bonds. The van der Waals surface area contributed by atoms with Crippen LogP contribution in [0.2, 0.25) is 0 Å². The number of carboxylic acid groups (broad SMARTS) is 1. The molecule has 0 aromatic carbocycles. The fourth-order valence-electron chi connectivity index (χ4n) is 0.460. The molecule has 13 heavy (non-hydrogen) atoms. The fourth-order valence-corrected chi connectivity index (χ4v) is 1.38. The van der Waals surface area contributed by atoms with E-state index in [4.69, 9.17) is 16.6 Å². The summed E-state index contributed by atoms with van der Waals surface area (Å²) in [4.78, 5) is 10.5. The molecule has 0 aromatic heterocycles. The van der Waals surface area contributed by atoms with Crippen LogP contribution in [0.1, 0.15) is 20.3 Å². The molecule has 0 aliphatic heterocycles. The summed E-state index contributed by atoms with van der Waals surface area (Å²) in [7, 11) is 0. The normalized spacial score (nSPS) is 16.9. The maximum Gasteiger partial charge on any atom is 0.324 e. The molecule has 0 bridgehead atoms. The number of carbonyl (C=O) groups is 1. The fraction of sp³-hybridized carbons (Fsp3) is 0.857. The van der Waals surface area contributed by atoms with Gasteiger partial charge in [-0.25, -0.2) is 0 Å². The summed E-state index contributed by atoms with van der Waals surface area (Å²) in [5.74, 6) is -0.643. The Morgan fingerprint density at radius 1 is 1.69 bits per heavy atom. The van der Waals surface area contributed by atoms with Gasteiger partial charge in [-0.2, -0.15) is 0 Å². The van der Waals surface area contributed by atoms with Crippen molar-refractivity contribution in [1.82, 2.24) is 0 Å². The standard InChI is InChI=1S/C7H16N2O2S.ClH/c1-3-5(8)12-4-7(2,9)6(10)11;/h5H,3-4,8-9H2,1-2H3,(H,10,11);1H/t5-,7+;/m1./s1. The molecule has 0 aliphatic rings. The topological polar surface area (TPSA) is 89.3 Å². The van der Waals surface area contributed by atoms with Gasteiger partial charge in [0.2, 0.25) is 0 Å². The van der Waals surface area contributed by atoms with Crippen LogP contribution in [-0.4, -0.2) is 27.7 Å². The van der Waals surface area contributed by atoms with E-state index in [0.29, 0.717) is 5.75 Å². The highest BCUT2D eigenvalue weighted by molar-refractivity contribution is 7.99. The zero-order valence-corrected chi connectivity index (χ0v) is 9.45. The average molecular weight is 229 g/mol. The maximum absolute atomic E-state index is 10.5. The lowest BCUT2D eigenvalue weighted by Crippen LogP contribution is -2.47. The molecule has 0 aromatic rings. The van der Waals surface area contributed by atoms with Crippen molar-refractivity contribution in [3.05, 3.63) is 0 Å². The Balaban J connectivity index is 0. The Kier molecular flexibility index (Phi) is 7.72. The van der Waals surface area contributed by atoms with Crippen LogP contribution in [-0.2, 0) is 4.79 Å². The van der Waals surface area contributed by atoms with Crippen molar-refractivity contribution in [3.63, 3.8) is 0 Å². The van der Waals surface area contributed by atoms with Crippen LogP contribution in [0.25, 0.3) is 0 Å². The van der Waals surface area contributed by atoms with Crippen molar-refractivity contribution in [2.45, 2.75) is 31.2 Å². The number of halogens is 1. The van der Waals surface area contributed by atoms with Crippen molar-refractivity contribution in [2.75, 3.05) is 5.75 Å². The first-order chi connectivity index (χ1) is 5.40. The Labute approximate surface area is 88.8 Å². The molecular formula is C7H17ClN2O2S. The second kappa shape index (κ2) is 6.48. The monoisotopic (exact) mass is 228 g/mol. The summed E-state index contributed by atoms with van der Waals surface area (Å²) in [5, 5.41) is 8.63. The molecule has 80 valence electrons. The van der Waals surface area contributed by atoms with E-state index in [9.17, 15) is 4.79 Å². The molecule has 0 aliphatic carbocycles. The van der Waals surface area contributed by atoms with Gasteiger partial charge < -0.3 is 16.6 Å². The molecule has 6 heteroatoms. The Morgan fingerprint density at radius 2 is 2.15 bits per heavy atom. The van der Waals surface area contributed by atoms with Gasteiger partial charge in [-0.3, -0.25) is 4.79 Å². The minimum absolute atomic E-state index is 0.